The monoisotopic (exact) mass is 180 g/mol. The second-order valence-electron chi connectivity index (χ2n) is 2.50. The van der Waals surface area contributed by atoms with Crippen molar-refractivity contribution in [2.24, 2.45) is 0 Å². The summed E-state index contributed by atoms with van der Waals surface area (Å²) in [5, 5.41) is 0.0919. The number of anilines is 1. The summed E-state index contributed by atoms with van der Waals surface area (Å²) >= 11 is 0. The Kier molecular flexibility index (Phi) is 1.51. The number of rotatable bonds is 0. The van der Waals surface area contributed by atoms with Gasteiger partial charge in [0.15, 0.2) is 0 Å². The molecule has 5 heteroatoms. The molecule has 0 saturated heterocycles. The first-order valence-electron chi connectivity index (χ1n) is 3.53. The lowest BCUT2D eigenvalue weighted by Crippen LogP contribution is -2.04. The van der Waals surface area contributed by atoms with E-state index in [0.717, 1.165) is 6.07 Å². The highest BCUT2D eigenvalue weighted by Crippen LogP contribution is 2.10. The Hall–Kier alpha value is -1.91. The zero-order valence-corrected chi connectivity index (χ0v) is 6.45. The highest BCUT2D eigenvalue weighted by atomic mass is 19.1. The lowest BCUT2D eigenvalue weighted by molar-refractivity contribution is 0.523. The molecule has 0 aliphatic carbocycles. The van der Waals surface area contributed by atoms with Crippen LogP contribution in [-0.2, 0) is 0 Å². The molecule has 0 amide bonds. The molecule has 0 fully saturated rings. The van der Waals surface area contributed by atoms with Gasteiger partial charge in [0.2, 0.25) is 0 Å². The molecule has 2 rings (SSSR count). The summed E-state index contributed by atoms with van der Waals surface area (Å²) in [6, 6.07) is 3.42. The number of halogens is 1. The van der Waals surface area contributed by atoms with Gasteiger partial charge in [-0.2, -0.15) is 4.98 Å². The van der Waals surface area contributed by atoms with Gasteiger partial charge in [-0.15, -0.1) is 0 Å². The SMILES string of the molecule is Nc1nc2ccc(F)cc2c(=O)o1. The molecule has 66 valence electrons. The van der Waals surface area contributed by atoms with Gasteiger partial charge >= 0.3 is 5.63 Å². The average molecular weight is 180 g/mol. The van der Waals surface area contributed by atoms with Crippen molar-refractivity contribution in [2.45, 2.75) is 0 Å². The number of fused-ring (bicyclic) bond motifs is 1. The average Bonchev–Trinajstić information content (AvgIpc) is 2.06. The molecule has 2 N–H and O–H groups in total. The third-order valence-corrected chi connectivity index (χ3v) is 1.61. The summed E-state index contributed by atoms with van der Waals surface area (Å²) in [5.41, 5.74) is 4.84. The van der Waals surface area contributed by atoms with Crippen molar-refractivity contribution in [1.29, 1.82) is 0 Å². The van der Waals surface area contributed by atoms with Crippen LogP contribution in [0.4, 0.5) is 10.4 Å². The van der Waals surface area contributed by atoms with E-state index < -0.39 is 11.4 Å². The Morgan fingerprint density at radius 2 is 2.23 bits per heavy atom. The van der Waals surface area contributed by atoms with Crippen molar-refractivity contribution >= 4 is 16.9 Å². The Morgan fingerprint density at radius 1 is 1.46 bits per heavy atom. The largest absolute Gasteiger partial charge is 0.389 e. The van der Waals surface area contributed by atoms with Crippen LogP contribution in [0.25, 0.3) is 10.9 Å². The minimum atomic E-state index is -0.679. The van der Waals surface area contributed by atoms with Crippen molar-refractivity contribution in [1.82, 2.24) is 4.98 Å². The van der Waals surface area contributed by atoms with Crippen molar-refractivity contribution in [3.8, 4) is 0 Å². The normalized spacial score (nSPS) is 10.5. The van der Waals surface area contributed by atoms with Crippen LogP contribution >= 0.6 is 0 Å². The van der Waals surface area contributed by atoms with E-state index in [1.54, 1.807) is 0 Å². The fourth-order valence-electron chi connectivity index (χ4n) is 1.06. The Morgan fingerprint density at radius 3 is 3.00 bits per heavy atom. The van der Waals surface area contributed by atoms with Crippen LogP contribution in [0.1, 0.15) is 0 Å². The van der Waals surface area contributed by atoms with Gasteiger partial charge in [-0.1, -0.05) is 0 Å². The minimum Gasteiger partial charge on any atom is -0.389 e. The Bertz CT molecular complexity index is 521. The second kappa shape index (κ2) is 2.55. The maximum absolute atomic E-state index is 12.7. The summed E-state index contributed by atoms with van der Waals surface area (Å²) in [7, 11) is 0. The quantitative estimate of drug-likeness (QED) is 0.654. The van der Waals surface area contributed by atoms with Gasteiger partial charge in [-0.3, -0.25) is 0 Å². The molecule has 0 radical (unpaired) electrons. The summed E-state index contributed by atoms with van der Waals surface area (Å²) in [6.45, 7) is 0. The number of benzene rings is 1. The van der Waals surface area contributed by atoms with Crippen LogP contribution in [0.15, 0.2) is 27.4 Å². The molecule has 0 unspecified atom stereocenters. The predicted molar refractivity (Wildman–Crippen MR) is 44.6 cm³/mol. The number of nitrogens with zero attached hydrogens (tertiary/aromatic N) is 1. The van der Waals surface area contributed by atoms with Crippen LogP contribution < -0.4 is 11.4 Å². The second-order valence-corrected chi connectivity index (χ2v) is 2.50. The van der Waals surface area contributed by atoms with E-state index >= 15 is 0 Å². The van der Waals surface area contributed by atoms with Crippen LogP contribution in [0.2, 0.25) is 0 Å². The van der Waals surface area contributed by atoms with Crippen molar-refractivity contribution in [2.75, 3.05) is 5.73 Å². The molecule has 1 aromatic heterocycles. The molecule has 0 bridgehead atoms. The van der Waals surface area contributed by atoms with Gasteiger partial charge < -0.3 is 10.2 Å². The van der Waals surface area contributed by atoms with Crippen LogP contribution in [0.5, 0.6) is 0 Å². The summed E-state index contributed by atoms with van der Waals surface area (Å²) in [6.07, 6.45) is 0. The molecular formula is C8H5FN2O2. The van der Waals surface area contributed by atoms with Gasteiger partial charge in [-0.05, 0) is 18.2 Å². The van der Waals surface area contributed by atoms with Crippen molar-refractivity contribution in [3.05, 3.63) is 34.4 Å². The molecule has 0 saturated carbocycles. The van der Waals surface area contributed by atoms with Crippen LogP contribution in [0.3, 0.4) is 0 Å². The molecule has 1 aromatic carbocycles. The van der Waals surface area contributed by atoms with Gasteiger partial charge in [0, 0.05) is 0 Å². The zero-order valence-electron chi connectivity index (χ0n) is 6.45. The molecule has 2 aromatic rings. The maximum atomic E-state index is 12.7. The smallest absolute Gasteiger partial charge is 0.348 e. The van der Waals surface area contributed by atoms with E-state index in [1.807, 2.05) is 0 Å². The van der Waals surface area contributed by atoms with E-state index in [4.69, 9.17) is 5.73 Å². The molecule has 0 aliphatic heterocycles. The first-order valence-corrected chi connectivity index (χ1v) is 3.53. The number of hydrogen-bond donors (Lipinski definition) is 1. The number of hydrogen-bond acceptors (Lipinski definition) is 4. The zero-order chi connectivity index (χ0) is 9.42. The topological polar surface area (TPSA) is 69.1 Å². The highest BCUT2D eigenvalue weighted by molar-refractivity contribution is 5.77. The van der Waals surface area contributed by atoms with Crippen LogP contribution in [-0.4, -0.2) is 4.98 Å². The van der Waals surface area contributed by atoms with Crippen molar-refractivity contribution in [3.63, 3.8) is 0 Å². The predicted octanol–water partition coefficient (Wildman–Crippen LogP) is 0.909. The lowest BCUT2D eigenvalue weighted by atomic mass is 10.2. The van der Waals surface area contributed by atoms with E-state index in [2.05, 4.69) is 9.40 Å². The van der Waals surface area contributed by atoms with Gasteiger partial charge in [0.1, 0.15) is 5.82 Å². The first-order chi connectivity index (χ1) is 6.16. The molecule has 4 nitrogen and oxygen atoms in total. The molecule has 0 aliphatic rings. The fourth-order valence-corrected chi connectivity index (χ4v) is 1.06. The molecule has 1 heterocycles. The molecule has 0 atom stereocenters. The number of aromatic nitrogens is 1. The van der Waals surface area contributed by atoms with E-state index in [9.17, 15) is 9.18 Å². The summed E-state index contributed by atoms with van der Waals surface area (Å²) < 4.78 is 17.2. The van der Waals surface area contributed by atoms with E-state index in [0.29, 0.717) is 5.52 Å². The minimum absolute atomic E-state index is 0.0919. The Labute approximate surface area is 71.8 Å². The lowest BCUT2D eigenvalue weighted by Gasteiger charge is -1.95. The molecule has 0 spiro atoms. The van der Waals surface area contributed by atoms with E-state index in [1.165, 1.54) is 12.1 Å². The fraction of sp³-hybridized carbons (Fsp3) is 0. The van der Waals surface area contributed by atoms with Crippen LogP contribution in [0, 0.1) is 5.82 Å². The third-order valence-electron chi connectivity index (χ3n) is 1.61. The summed E-state index contributed by atoms with van der Waals surface area (Å²) in [5.74, 6) is -0.508. The first kappa shape index (κ1) is 7.72. The number of nitrogens with two attached hydrogens (primary N) is 1. The molecular weight excluding hydrogens is 175 g/mol. The van der Waals surface area contributed by atoms with Gasteiger partial charge in [-0.25, -0.2) is 9.18 Å². The maximum Gasteiger partial charge on any atom is 0.348 e. The standard InChI is InChI=1S/C8H5FN2O2/c9-4-1-2-6-5(3-4)7(12)13-8(10)11-6/h1-3H,(H2,10,11). The van der Waals surface area contributed by atoms with Gasteiger partial charge in [0.25, 0.3) is 6.01 Å². The summed E-state index contributed by atoms with van der Waals surface area (Å²) in [4.78, 5) is 14.8. The van der Waals surface area contributed by atoms with Crippen molar-refractivity contribution < 1.29 is 8.81 Å². The highest BCUT2D eigenvalue weighted by Gasteiger charge is 2.04. The Balaban J connectivity index is 2.95. The van der Waals surface area contributed by atoms with Gasteiger partial charge in [0.05, 0.1) is 10.9 Å². The number of nitrogen functional groups attached to an aromatic ring is 1. The molecule has 13 heavy (non-hydrogen) atoms. The third kappa shape index (κ3) is 1.24. The van der Waals surface area contributed by atoms with E-state index in [-0.39, 0.29) is 11.4 Å².